The second kappa shape index (κ2) is 12.1. The summed E-state index contributed by atoms with van der Waals surface area (Å²) in [5.74, 6) is 0.873. The minimum absolute atomic E-state index is 0. The van der Waals surface area contributed by atoms with E-state index in [1.54, 1.807) is 0 Å². The van der Waals surface area contributed by atoms with E-state index in [4.69, 9.17) is 11.6 Å². The Hall–Kier alpha value is -1.28. The van der Waals surface area contributed by atoms with Gasteiger partial charge >= 0.3 is 0 Å². The topological polar surface area (TPSA) is 54.2 Å². The Morgan fingerprint density at radius 3 is 2.56 bits per heavy atom. The van der Waals surface area contributed by atoms with Gasteiger partial charge < -0.3 is 10.6 Å². The molecule has 0 fully saturated rings. The van der Waals surface area contributed by atoms with Crippen LogP contribution in [0.4, 0.5) is 0 Å². The summed E-state index contributed by atoms with van der Waals surface area (Å²) in [7, 11) is 1.94. The third-order valence-corrected chi connectivity index (χ3v) is 3.87. The Bertz CT molecular complexity index is 639. The molecule has 2 N–H and O–H groups in total. The van der Waals surface area contributed by atoms with Crippen LogP contribution in [0.3, 0.4) is 0 Å². The summed E-state index contributed by atoms with van der Waals surface area (Å²) < 4.78 is 1.83. The molecule has 0 aliphatic heterocycles. The molecule has 0 radical (unpaired) electrons. The molecular weight excluding hydrogens is 449 g/mol. The number of nitrogens with zero attached hydrogens (tertiary/aromatic N) is 3. The first kappa shape index (κ1) is 21.8. The van der Waals surface area contributed by atoms with Gasteiger partial charge in [0, 0.05) is 37.9 Å². The van der Waals surface area contributed by atoms with Crippen molar-refractivity contribution >= 4 is 41.5 Å². The molecule has 0 amide bonds. The quantitative estimate of drug-likeness (QED) is 0.266. The Morgan fingerprint density at radius 2 is 1.92 bits per heavy atom. The monoisotopic (exact) mass is 475 g/mol. The van der Waals surface area contributed by atoms with Gasteiger partial charge in [0.1, 0.15) is 0 Å². The SMILES string of the molecule is CCNC(=NCCCc1cnn(C)c1)NCCc1ccc(Cl)cc1.I. The van der Waals surface area contributed by atoms with Crippen LogP contribution in [-0.4, -0.2) is 35.4 Å². The first-order chi connectivity index (χ1) is 11.7. The molecule has 0 unspecified atom stereocenters. The molecule has 1 aromatic carbocycles. The predicted molar refractivity (Wildman–Crippen MR) is 116 cm³/mol. The molecule has 0 atom stereocenters. The number of aliphatic imine (C=N–C) groups is 1. The fourth-order valence-corrected chi connectivity index (χ4v) is 2.52. The number of halogens is 2. The Balaban J connectivity index is 0.00000312. The lowest BCUT2D eigenvalue weighted by atomic mass is 10.1. The molecule has 0 spiro atoms. The second-order valence-corrected chi connectivity index (χ2v) is 6.13. The minimum atomic E-state index is 0. The van der Waals surface area contributed by atoms with Crippen molar-refractivity contribution < 1.29 is 0 Å². The third-order valence-electron chi connectivity index (χ3n) is 3.62. The molecule has 0 saturated carbocycles. The molecule has 25 heavy (non-hydrogen) atoms. The largest absolute Gasteiger partial charge is 0.357 e. The lowest BCUT2D eigenvalue weighted by molar-refractivity contribution is 0.763. The zero-order valence-electron chi connectivity index (χ0n) is 14.8. The van der Waals surface area contributed by atoms with Crippen LogP contribution in [-0.2, 0) is 19.9 Å². The van der Waals surface area contributed by atoms with Crippen molar-refractivity contribution in [1.29, 1.82) is 0 Å². The zero-order chi connectivity index (χ0) is 17.2. The van der Waals surface area contributed by atoms with Crippen LogP contribution < -0.4 is 10.6 Å². The van der Waals surface area contributed by atoms with Gasteiger partial charge in [-0.15, -0.1) is 24.0 Å². The highest BCUT2D eigenvalue weighted by Gasteiger charge is 1.99. The van der Waals surface area contributed by atoms with E-state index in [0.29, 0.717) is 0 Å². The van der Waals surface area contributed by atoms with E-state index in [1.807, 2.05) is 30.1 Å². The average molecular weight is 476 g/mol. The standard InChI is InChI=1S/C18H26ClN5.HI/c1-3-20-18(21-11-4-5-16-13-23-24(2)14-16)22-12-10-15-6-8-17(19)9-7-15;/h6-9,13-14H,3-5,10-12H2,1-2H3,(H2,20,21,22);1H. The number of benzene rings is 1. The molecule has 2 aromatic rings. The highest BCUT2D eigenvalue weighted by Crippen LogP contribution is 2.09. The molecule has 5 nitrogen and oxygen atoms in total. The maximum atomic E-state index is 5.90. The summed E-state index contributed by atoms with van der Waals surface area (Å²) in [5, 5.41) is 11.6. The Labute approximate surface area is 172 Å². The van der Waals surface area contributed by atoms with Crippen molar-refractivity contribution in [3.05, 3.63) is 52.8 Å². The van der Waals surface area contributed by atoms with E-state index in [0.717, 1.165) is 49.9 Å². The summed E-state index contributed by atoms with van der Waals surface area (Å²) in [4.78, 5) is 4.63. The summed E-state index contributed by atoms with van der Waals surface area (Å²) in [5.41, 5.74) is 2.52. The molecule has 0 aliphatic carbocycles. The van der Waals surface area contributed by atoms with E-state index >= 15 is 0 Å². The molecule has 1 aromatic heterocycles. The van der Waals surface area contributed by atoms with Gasteiger partial charge in [0.2, 0.25) is 0 Å². The van der Waals surface area contributed by atoms with Crippen molar-refractivity contribution in [3.8, 4) is 0 Å². The maximum Gasteiger partial charge on any atom is 0.191 e. The summed E-state index contributed by atoms with van der Waals surface area (Å²) >= 11 is 5.90. The summed E-state index contributed by atoms with van der Waals surface area (Å²) in [6.45, 7) is 4.57. The lowest BCUT2D eigenvalue weighted by Gasteiger charge is -2.11. The van der Waals surface area contributed by atoms with Gasteiger partial charge in [-0.25, -0.2) is 0 Å². The minimum Gasteiger partial charge on any atom is -0.357 e. The number of guanidine groups is 1. The highest BCUT2D eigenvalue weighted by molar-refractivity contribution is 14.0. The van der Waals surface area contributed by atoms with Crippen LogP contribution in [0.1, 0.15) is 24.5 Å². The van der Waals surface area contributed by atoms with E-state index in [-0.39, 0.29) is 24.0 Å². The normalized spacial score (nSPS) is 11.1. The van der Waals surface area contributed by atoms with Crippen LogP contribution in [0.2, 0.25) is 5.02 Å². The Morgan fingerprint density at radius 1 is 1.16 bits per heavy atom. The number of nitrogens with one attached hydrogen (secondary N) is 2. The second-order valence-electron chi connectivity index (χ2n) is 5.69. The number of hydrogen-bond acceptors (Lipinski definition) is 2. The van der Waals surface area contributed by atoms with E-state index < -0.39 is 0 Å². The fourth-order valence-electron chi connectivity index (χ4n) is 2.39. The molecule has 1 heterocycles. The van der Waals surface area contributed by atoms with Gasteiger partial charge in [-0.2, -0.15) is 5.10 Å². The van der Waals surface area contributed by atoms with Gasteiger partial charge in [-0.1, -0.05) is 23.7 Å². The Kier molecular flexibility index (Phi) is 10.6. The van der Waals surface area contributed by atoms with Gasteiger partial charge in [-0.05, 0) is 49.4 Å². The molecule has 7 heteroatoms. The summed E-state index contributed by atoms with van der Waals surface area (Å²) in [6, 6.07) is 7.97. The smallest absolute Gasteiger partial charge is 0.191 e. The number of aryl methyl sites for hydroxylation is 2. The van der Waals surface area contributed by atoms with Gasteiger partial charge in [0.15, 0.2) is 5.96 Å². The van der Waals surface area contributed by atoms with Crippen molar-refractivity contribution in [2.75, 3.05) is 19.6 Å². The van der Waals surface area contributed by atoms with Crippen LogP contribution in [0.5, 0.6) is 0 Å². The van der Waals surface area contributed by atoms with Gasteiger partial charge in [-0.3, -0.25) is 9.67 Å². The number of rotatable bonds is 8. The van der Waals surface area contributed by atoms with E-state index in [2.05, 4.69) is 46.0 Å². The molecule has 138 valence electrons. The molecular formula is C18H27ClIN5. The summed E-state index contributed by atoms with van der Waals surface area (Å²) in [6.07, 6.45) is 6.93. The number of aromatic nitrogens is 2. The van der Waals surface area contributed by atoms with Crippen LogP contribution in [0, 0.1) is 0 Å². The highest BCUT2D eigenvalue weighted by atomic mass is 127. The van der Waals surface area contributed by atoms with E-state index in [1.165, 1.54) is 11.1 Å². The predicted octanol–water partition coefficient (Wildman–Crippen LogP) is 3.42. The van der Waals surface area contributed by atoms with Crippen molar-refractivity contribution in [1.82, 2.24) is 20.4 Å². The molecule has 2 rings (SSSR count). The first-order valence-corrected chi connectivity index (χ1v) is 8.79. The average Bonchev–Trinajstić information content (AvgIpc) is 2.99. The van der Waals surface area contributed by atoms with Crippen LogP contribution in [0.25, 0.3) is 0 Å². The van der Waals surface area contributed by atoms with Crippen molar-refractivity contribution in [2.24, 2.45) is 12.0 Å². The maximum absolute atomic E-state index is 5.90. The van der Waals surface area contributed by atoms with E-state index in [9.17, 15) is 0 Å². The lowest BCUT2D eigenvalue weighted by Crippen LogP contribution is -2.38. The van der Waals surface area contributed by atoms with Crippen molar-refractivity contribution in [3.63, 3.8) is 0 Å². The van der Waals surface area contributed by atoms with Gasteiger partial charge in [0.05, 0.1) is 6.20 Å². The third kappa shape index (κ3) is 8.58. The molecule has 0 bridgehead atoms. The molecule has 0 saturated heterocycles. The number of hydrogen-bond donors (Lipinski definition) is 2. The fraction of sp³-hybridized carbons (Fsp3) is 0.444. The van der Waals surface area contributed by atoms with Crippen LogP contribution >= 0.6 is 35.6 Å². The van der Waals surface area contributed by atoms with Crippen molar-refractivity contribution in [2.45, 2.75) is 26.2 Å². The zero-order valence-corrected chi connectivity index (χ0v) is 17.9. The molecule has 0 aliphatic rings. The van der Waals surface area contributed by atoms with Crippen LogP contribution in [0.15, 0.2) is 41.7 Å². The van der Waals surface area contributed by atoms with Gasteiger partial charge in [0.25, 0.3) is 0 Å². The first-order valence-electron chi connectivity index (χ1n) is 8.41.